The number of carbonyl (C=O) groups is 1. The third-order valence-electron chi connectivity index (χ3n) is 3.21. The number of benzene rings is 1. The number of carbonyl (C=O) groups excluding carboxylic acids is 1. The molecule has 0 fully saturated rings. The number of nitrogens with zero attached hydrogens (tertiary/aromatic N) is 1. The van der Waals surface area contributed by atoms with Crippen molar-refractivity contribution in [3.05, 3.63) is 35.6 Å². The van der Waals surface area contributed by atoms with Gasteiger partial charge in [-0.15, -0.1) is 0 Å². The maximum atomic E-state index is 12.9. The Balaban J connectivity index is 1.72. The van der Waals surface area contributed by atoms with E-state index in [2.05, 4.69) is 10.5 Å². The minimum absolute atomic E-state index is 0.189. The van der Waals surface area contributed by atoms with Gasteiger partial charge < -0.3 is 14.9 Å². The molecule has 1 aromatic carbocycles. The highest BCUT2D eigenvalue weighted by Gasteiger charge is 2.28. The van der Waals surface area contributed by atoms with Crippen molar-refractivity contribution in [3.63, 3.8) is 0 Å². The quantitative estimate of drug-likeness (QED) is 0.786. The van der Waals surface area contributed by atoms with Gasteiger partial charge in [-0.3, -0.25) is 4.79 Å². The molecule has 0 saturated heterocycles. The molecule has 5 nitrogen and oxygen atoms in total. The molecule has 0 bridgehead atoms. The zero-order valence-electron chi connectivity index (χ0n) is 12.8. The van der Waals surface area contributed by atoms with Crippen molar-refractivity contribution >= 4 is 11.6 Å². The lowest BCUT2D eigenvalue weighted by Gasteiger charge is -2.10. The fourth-order valence-electron chi connectivity index (χ4n) is 2.05. The summed E-state index contributed by atoms with van der Waals surface area (Å²) in [4.78, 5) is 17.1. The van der Waals surface area contributed by atoms with E-state index in [9.17, 15) is 9.18 Å². The molecule has 0 saturated carbocycles. The number of amides is 1. The van der Waals surface area contributed by atoms with Crippen molar-refractivity contribution in [2.75, 3.05) is 13.2 Å². The SMILES string of the molecule is CC(C)OCCCNC(=O)C1CC(c2ccc(F)cc2)=NO1. The van der Waals surface area contributed by atoms with Gasteiger partial charge in [-0.25, -0.2) is 4.39 Å². The highest BCUT2D eigenvalue weighted by atomic mass is 19.1. The molecule has 1 aromatic rings. The Morgan fingerprint density at radius 2 is 2.18 bits per heavy atom. The Morgan fingerprint density at radius 3 is 2.86 bits per heavy atom. The number of hydrogen-bond acceptors (Lipinski definition) is 4. The maximum Gasteiger partial charge on any atom is 0.264 e. The number of oxime groups is 1. The largest absolute Gasteiger partial charge is 0.382 e. The Kier molecular flexibility index (Phi) is 5.89. The number of nitrogens with one attached hydrogen (secondary N) is 1. The second kappa shape index (κ2) is 7.89. The molecule has 1 heterocycles. The molecule has 1 atom stereocenters. The van der Waals surface area contributed by atoms with E-state index in [1.54, 1.807) is 12.1 Å². The first-order valence-electron chi connectivity index (χ1n) is 7.44. The Hall–Kier alpha value is -1.95. The van der Waals surface area contributed by atoms with Crippen molar-refractivity contribution in [1.82, 2.24) is 5.32 Å². The fourth-order valence-corrected chi connectivity index (χ4v) is 2.05. The van der Waals surface area contributed by atoms with E-state index >= 15 is 0 Å². The molecule has 120 valence electrons. The first-order chi connectivity index (χ1) is 10.6. The van der Waals surface area contributed by atoms with Crippen LogP contribution in [0.2, 0.25) is 0 Å². The summed E-state index contributed by atoms with van der Waals surface area (Å²) in [5.74, 6) is -0.494. The van der Waals surface area contributed by atoms with Gasteiger partial charge in [-0.1, -0.05) is 17.3 Å². The van der Waals surface area contributed by atoms with Gasteiger partial charge in [-0.2, -0.15) is 0 Å². The van der Waals surface area contributed by atoms with Gasteiger partial charge in [0.25, 0.3) is 5.91 Å². The molecule has 6 heteroatoms. The van der Waals surface area contributed by atoms with E-state index in [1.807, 2.05) is 13.8 Å². The summed E-state index contributed by atoms with van der Waals surface area (Å²) in [6, 6.07) is 5.97. The molecule has 1 N–H and O–H groups in total. The molecule has 1 amide bonds. The third kappa shape index (κ3) is 4.80. The van der Waals surface area contributed by atoms with E-state index in [0.29, 0.717) is 25.3 Å². The predicted octanol–water partition coefficient (Wildman–Crippen LogP) is 2.25. The Morgan fingerprint density at radius 1 is 1.45 bits per heavy atom. The molecular formula is C16H21FN2O3. The van der Waals surface area contributed by atoms with Crippen LogP contribution < -0.4 is 5.32 Å². The molecule has 22 heavy (non-hydrogen) atoms. The average molecular weight is 308 g/mol. The summed E-state index contributed by atoms with van der Waals surface area (Å²) in [6.07, 6.45) is 0.717. The lowest BCUT2D eigenvalue weighted by atomic mass is 10.0. The van der Waals surface area contributed by atoms with Crippen molar-refractivity contribution in [2.24, 2.45) is 5.16 Å². The number of rotatable bonds is 7. The minimum Gasteiger partial charge on any atom is -0.382 e. The lowest BCUT2D eigenvalue weighted by Crippen LogP contribution is -2.35. The third-order valence-corrected chi connectivity index (χ3v) is 3.21. The van der Waals surface area contributed by atoms with E-state index in [0.717, 1.165) is 12.0 Å². The molecular weight excluding hydrogens is 287 g/mol. The smallest absolute Gasteiger partial charge is 0.264 e. The van der Waals surface area contributed by atoms with Crippen LogP contribution in [0.25, 0.3) is 0 Å². The van der Waals surface area contributed by atoms with Crippen LogP contribution in [-0.2, 0) is 14.4 Å². The van der Waals surface area contributed by atoms with Crippen molar-refractivity contribution in [1.29, 1.82) is 0 Å². The van der Waals surface area contributed by atoms with Crippen LogP contribution in [0.4, 0.5) is 4.39 Å². The molecule has 0 aliphatic carbocycles. The Bertz CT molecular complexity index is 529. The molecule has 0 aromatic heterocycles. The van der Waals surface area contributed by atoms with Crippen molar-refractivity contribution < 1.29 is 18.8 Å². The average Bonchev–Trinajstić information content (AvgIpc) is 2.97. The summed E-state index contributed by atoms with van der Waals surface area (Å²) in [5.41, 5.74) is 1.42. The zero-order valence-corrected chi connectivity index (χ0v) is 12.8. The summed E-state index contributed by atoms with van der Waals surface area (Å²) >= 11 is 0. The summed E-state index contributed by atoms with van der Waals surface area (Å²) in [6.45, 7) is 5.09. The minimum atomic E-state index is -0.619. The number of ether oxygens (including phenoxy) is 1. The van der Waals surface area contributed by atoms with Gasteiger partial charge in [0.15, 0.2) is 0 Å². The molecule has 1 unspecified atom stereocenters. The van der Waals surface area contributed by atoms with Crippen molar-refractivity contribution in [3.8, 4) is 0 Å². The Labute approximate surface area is 129 Å². The highest BCUT2D eigenvalue weighted by molar-refractivity contribution is 6.04. The van der Waals surface area contributed by atoms with Gasteiger partial charge in [0.1, 0.15) is 5.82 Å². The molecule has 0 spiro atoms. The standard InChI is InChI=1S/C16H21FN2O3/c1-11(2)21-9-3-8-18-16(20)15-10-14(19-22-15)12-4-6-13(17)7-5-12/h4-7,11,15H,3,8-10H2,1-2H3,(H,18,20). The lowest BCUT2D eigenvalue weighted by molar-refractivity contribution is -0.131. The number of hydrogen-bond donors (Lipinski definition) is 1. The van der Waals surface area contributed by atoms with Crippen LogP contribution >= 0.6 is 0 Å². The van der Waals surface area contributed by atoms with Crippen LogP contribution in [0, 0.1) is 5.82 Å². The number of halogens is 1. The topological polar surface area (TPSA) is 59.9 Å². The van der Waals surface area contributed by atoms with Crippen LogP contribution in [0.1, 0.15) is 32.3 Å². The van der Waals surface area contributed by atoms with Gasteiger partial charge in [0, 0.05) is 19.6 Å². The van der Waals surface area contributed by atoms with Crippen LogP contribution in [0.3, 0.4) is 0 Å². The zero-order chi connectivity index (χ0) is 15.9. The normalized spacial score (nSPS) is 17.3. The molecule has 0 radical (unpaired) electrons. The predicted molar refractivity (Wildman–Crippen MR) is 81.1 cm³/mol. The molecule has 2 rings (SSSR count). The molecule has 1 aliphatic rings. The van der Waals surface area contributed by atoms with Gasteiger partial charge in [0.05, 0.1) is 11.8 Å². The second-order valence-electron chi connectivity index (χ2n) is 5.41. The monoisotopic (exact) mass is 308 g/mol. The van der Waals surface area contributed by atoms with Crippen molar-refractivity contribution in [2.45, 2.75) is 38.9 Å². The highest BCUT2D eigenvalue weighted by Crippen LogP contribution is 2.17. The van der Waals surface area contributed by atoms with Gasteiger partial charge >= 0.3 is 0 Å². The van der Waals surface area contributed by atoms with Crippen LogP contribution in [0.5, 0.6) is 0 Å². The van der Waals surface area contributed by atoms with Crippen LogP contribution in [-0.4, -0.2) is 37.0 Å². The summed E-state index contributed by atoms with van der Waals surface area (Å²) in [7, 11) is 0. The van der Waals surface area contributed by atoms with E-state index in [-0.39, 0.29) is 17.8 Å². The fraction of sp³-hybridized carbons (Fsp3) is 0.500. The van der Waals surface area contributed by atoms with Crippen LogP contribution in [0.15, 0.2) is 29.4 Å². The van der Waals surface area contributed by atoms with E-state index in [4.69, 9.17) is 9.57 Å². The summed E-state index contributed by atoms with van der Waals surface area (Å²) < 4.78 is 18.3. The first-order valence-corrected chi connectivity index (χ1v) is 7.44. The molecule has 1 aliphatic heterocycles. The first kappa shape index (κ1) is 16.4. The van der Waals surface area contributed by atoms with E-state index < -0.39 is 6.10 Å². The van der Waals surface area contributed by atoms with E-state index in [1.165, 1.54) is 12.1 Å². The maximum absolute atomic E-state index is 12.9. The second-order valence-corrected chi connectivity index (χ2v) is 5.41. The van der Waals surface area contributed by atoms with Gasteiger partial charge in [-0.05, 0) is 38.0 Å². The van der Waals surface area contributed by atoms with Gasteiger partial charge in [0.2, 0.25) is 6.10 Å². The summed E-state index contributed by atoms with van der Waals surface area (Å²) in [5, 5.41) is 6.72.